The number of hydrogen-bond donors (Lipinski definition) is 1. The average Bonchev–Trinajstić information content (AvgIpc) is 2.76. The maximum absolute atomic E-state index is 12.2. The van der Waals surface area contributed by atoms with Gasteiger partial charge in [-0.05, 0) is 45.4 Å². The highest BCUT2D eigenvalue weighted by molar-refractivity contribution is 5.76. The van der Waals surface area contributed by atoms with Gasteiger partial charge < -0.3 is 14.6 Å². The third-order valence-electron chi connectivity index (χ3n) is 4.31. The molecule has 1 aromatic heterocycles. The molecule has 1 N–H and O–H groups in total. The third-order valence-corrected chi connectivity index (χ3v) is 4.31. The predicted molar refractivity (Wildman–Crippen MR) is 75.6 cm³/mol. The number of hydrogen-bond acceptors (Lipinski definition) is 3. The Morgan fingerprint density at radius 3 is 2.90 bits per heavy atom. The van der Waals surface area contributed by atoms with Crippen LogP contribution >= 0.6 is 0 Å². The van der Waals surface area contributed by atoms with Crippen LogP contribution in [0.1, 0.15) is 42.9 Å². The average molecular weight is 277 g/mol. The lowest BCUT2D eigenvalue weighted by Crippen LogP contribution is -2.40. The minimum absolute atomic E-state index is 0.103. The van der Waals surface area contributed by atoms with Crippen LogP contribution in [0.25, 0.3) is 0 Å². The zero-order valence-corrected chi connectivity index (χ0v) is 12.2. The fourth-order valence-corrected chi connectivity index (χ4v) is 3.20. The van der Waals surface area contributed by atoms with E-state index in [4.69, 9.17) is 4.74 Å². The molecule has 0 unspecified atom stereocenters. The number of carbonyl (C=O) groups excluding carboxylic acids is 1. The van der Waals surface area contributed by atoms with Crippen LogP contribution in [-0.2, 0) is 28.9 Å². The van der Waals surface area contributed by atoms with Gasteiger partial charge in [-0.25, -0.2) is 4.98 Å². The van der Waals surface area contributed by atoms with Gasteiger partial charge in [-0.15, -0.1) is 0 Å². The van der Waals surface area contributed by atoms with E-state index >= 15 is 0 Å². The Kier molecular flexibility index (Phi) is 4.05. The summed E-state index contributed by atoms with van der Waals surface area (Å²) in [6.07, 6.45) is 6.39. The van der Waals surface area contributed by atoms with E-state index in [1.807, 2.05) is 6.92 Å². The molecule has 5 nitrogen and oxygen atoms in total. The van der Waals surface area contributed by atoms with Crippen LogP contribution in [0.3, 0.4) is 0 Å². The number of aromatic nitrogens is 2. The maximum Gasteiger partial charge on any atom is 0.240 e. The molecule has 1 aliphatic carbocycles. The molecule has 1 aromatic rings. The molecular weight excluding hydrogens is 254 g/mol. The predicted octanol–water partition coefficient (Wildman–Crippen LogP) is 1.37. The first-order valence-electron chi connectivity index (χ1n) is 7.66. The first-order chi connectivity index (χ1) is 9.74. The van der Waals surface area contributed by atoms with E-state index in [-0.39, 0.29) is 11.9 Å². The van der Waals surface area contributed by atoms with Gasteiger partial charge in [0, 0.05) is 24.9 Å². The van der Waals surface area contributed by atoms with Gasteiger partial charge in [0.15, 0.2) is 0 Å². The normalized spacial score (nSPS) is 19.6. The summed E-state index contributed by atoms with van der Waals surface area (Å²) >= 11 is 0. The van der Waals surface area contributed by atoms with Gasteiger partial charge in [-0.1, -0.05) is 0 Å². The smallest absolute Gasteiger partial charge is 0.240 e. The monoisotopic (exact) mass is 277 g/mol. The molecule has 0 bridgehead atoms. The summed E-state index contributed by atoms with van der Waals surface area (Å²) in [6, 6.07) is 0.274. The van der Waals surface area contributed by atoms with Crippen LogP contribution in [-0.4, -0.2) is 34.7 Å². The lowest BCUT2D eigenvalue weighted by molar-refractivity contribution is -0.123. The highest BCUT2D eigenvalue weighted by atomic mass is 16.5. The van der Waals surface area contributed by atoms with E-state index in [0.717, 1.165) is 44.7 Å². The Morgan fingerprint density at radius 1 is 1.35 bits per heavy atom. The molecule has 3 rings (SSSR count). The van der Waals surface area contributed by atoms with Crippen molar-refractivity contribution >= 4 is 5.91 Å². The van der Waals surface area contributed by atoms with Gasteiger partial charge in [-0.3, -0.25) is 4.79 Å². The summed E-state index contributed by atoms with van der Waals surface area (Å²) in [5, 5.41) is 3.12. The molecule has 110 valence electrons. The number of ether oxygens (including phenoxy) is 1. The number of imidazole rings is 1. The maximum atomic E-state index is 12.2. The number of fused-ring (bicyclic) bond motifs is 1. The van der Waals surface area contributed by atoms with Crippen LogP contribution in [0, 0.1) is 6.92 Å². The van der Waals surface area contributed by atoms with Gasteiger partial charge >= 0.3 is 0 Å². The number of aryl methyl sites for hydroxylation is 2. The first-order valence-corrected chi connectivity index (χ1v) is 7.66. The highest BCUT2D eigenvalue weighted by Crippen LogP contribution is 2.21. The van der Waals surface area contributed by atoms with Gasteiger partial charge in [0.2, 0.25) is 5.91 Å². The summed E-state index contributed by atoms with van der Waals surface area (Å²) in [5.41, 5.74) is 2.48. The molecule has 0 radical (unpaired) electrons. The van der Waals surface area contributed by atoms with Crippen molar-refractivity contribution in [3.63, 3.8) is 0 Å². The van der Waals surface area contributed by atoms with Crippen molar-refractivity contribution < 1.29 is 9.53 Å². The van der Waals surface area contributed by atoms with Crippen LogP contribution in [0.5, 0.6) is 0 Å². The molecular formula is C15H23N3O2. The second-order valence-corrected chi connectivity index (χ2v) is 5.80. The molecule has 20 heavy (non-hydrogen) atoms. The highest BCUT2D eigenvalue weighted by Gasteiger charge is 2.21. The van der Waals surface area contributed by atoms with Gasteiger partial charge in [0.05, 0.1) is 5.69 Å². The van der Waals surface area contributed by atoms with E-state index in [1.54, 1.807) is 0 Å². The van der Waals surface area contributed by atoms with E-state index in [9.17, 15) is 4.79 Å². The van der Waals surface area contributed by atoms with Gasteiger partial charge in [0.1, 0.15) is 12.4 Å². The quantitative estimate of drug-likeness (QED) is 0.907. The van der Waals surface area contributed by atoms with Gasteiger partial charge in [-0.2, -0.15) is 0 Å². The molecule has 0 aromatic carbocycles. The number of amides is 1. The summed E-state index contributed by atoms with van der Waals surface area (Å²) < 4.78 is 7.41. The molecule has 1 aliphatic heterocycles. The SMILES string of the molecule is Cc1nc2c(n1CC(=O)NC1CCOCC1)CCCC2. The zero-order chi connectivity index (χ0) is 13.9. The number of rotatable bonds is 3. The summed E-state index contributed by atoms with van der Waals surface area (Å²) in [7, 11) is 0. The van der Waals surface area contributed by atoms with E-state index in [1.165, 1.54) is 24.2 Å². The molecule has 0 spiro atoms. The van der Waals surface area contributed by atoms with Crippen molar-refractivity contribution in [3.05, 3.63) is 17.2 Å². The lowest BCUT2D eigenvalue weighted by atomic mass is 10.0. The minimum Gasteiger partial charge on any atom is -0.381 e. The number of nitrogens with one attached hydrogen (secondary N) is 1. The molecule has 1 amide bonds. The van der Waals surface area contributed by atoms with E-state index < -0.39 is 0 Å². The Balaban J connectivity index is 1.65. The molecule has 0 saturated carbocycles. The van der Waals surface area contributed by atoms with Crippen molar-refractivity contribution in [2.45, 2.75) is 58.0 Å². The molecule has 5 heteroatoms. The van der Waals surface area contributed by atoms with Crippen molar-refractivity contribution in [1.29, 1.82) is 0 Å². The summed E-state index contributed by atoms with van der Waals surface area (Å²) in [5.74, 6) is 1.07. The van der Waals surface area contributed by atoms with Crippen molar-refractivity contribution in [2.75, 3.05) is 13.2 Å². The fourth-order valence-electron chi connectivity index (χ4n) is 3.20. The van der Waals surface area contributed by atoms with Crippen LogP contribution < -0.4 is 5.32 Å². The molecule has 1 fully saturated rings. The lowest BCUT2D eigenvalue weighted by Gasteiger charge is -2.23. The third kappa shape index (κ3) is 2.87. The largest absolute Gasteiger partial charge is 0.381 e. The number of carbonyl (C=O) groups is 1. The van der Waals surface area contributed by atoms with Crippen LogP contribution in [0.2, 0.25) is 0 Å². The van der Waals surface area contributed by atoms with Crippen molar-refractivity contribution in [3.8, 4) is 0 Å². The van der Waals surface area contributed by atoms with Crippen LogP contribution in [0.15, 0.2) is 0 Å². The standard InChI is InChI=1S/C15H23N3O2/c1-11-16-13-4-2-3-5-14(13)18(11)10-15(19)17-12-6-8-20-9-7-12/h12H,2-10H2,1H3,(H,17,19). The molecule has 0 atom stereocenters. The Morgan fingerprint density at radius 2 is 2.10 bits per heavy atom. The Labute approximate surface area is 119 Å². The van der Waals surface area contributed by atoms with E-state index in [2.05, 4.69) is 14.9 Å². The van der Waals surface area contributed by atoms with Crippen molar-refractivity contribution in [2.24, 2.45) is 0 Å². The minimum atomic E-state index is 0.103. The summed E-state index contributed by atoms with van der Waals surface area (Å²) in [4.78, 5) is 16.8. The second-order valence-electron chi connectivity index (χ2n) is 5.80. The van der Waals surface area contributed by atoms with E-state index in [0.29, 0.717) is 6.54 Å². The molecule has 2 aliphatic rings. The van der Waals surface area contributed by atoms with Crippen molar-refractivity contribution in [1.82, 2.24) is 14.9 Å². The molecule has 1 saturated heterocycles. The fraction of sp³-hybridized carbons (Fsp3) is 0.733. The first kappa shape index (κ1) is 13.6. The van der Waals surface area contributed by atoms with Gasteiger partial charge in [0.25, 0.3) is 0 Å². The molecule has 2 heterocycles. The zero-order valence-electron chi connectivity index (χ0n) is 12.2. The Bertz CT molecular complexity index is 490. The van der Waals surface area contributed by atoms with Crippen LogP contribution in [0.4, 0.5) is 0 Å². The Hall–Kier alpha value is -1.36. The topological polar surface area (TPSA) is 56.2 Å². The second kappa shape index (κ2) is 5.95. The number of nitrogens with zero attached hydrogens (tertiary/aromatic N) is 2. The summed E-state index contributed by atoms with van der Waals surface area (Å²) in [6.45, 7) is 3.92.